The molecule has 1 aromatic heterocycles. The summed E-state index contributed by atoms with van der Waals surface area (Å²) >= 11 is 0. The van der Waals surface area contributed by atoms with Crippen LogP contribution in [0.25, 0.3) is 10.9 Å². The molecule has 16 nitrogen and oxygen atoms in total. The van der Waals surface area contributed by atoms with Gasteiger partial charge >= 0.3 is 0 Å². The molecule has 1 aliphatic carbocycles. The van der Waals surface area contributed by atoms with Crippen LogP contribution in [-0.4, -0.2) is 121 Å². The van der Waals surface area contributed by atoms with Crippen LogP contribution in [0.15, 0.2) is 74.8 Å². The van der Waals surface area contributed by atoms with E-state index in [2.05, 4.69) is 73.7 Å². The second-order valence-electron chi connectivity index (χ2n) is 14.4. The first kappa shape index (κ1) is 47.1. The van der Waals surface area contributed by atoms with Crippen molar-refractivity contribution < 1.29 is 23.3 Å². The van der Waals surface area contributed by atoms with Crippen molar-refractivity contribution in [2.45, 2.75) is 61.8 Å². The molecule has 3 fully saturated rings. The highest BCUT2D eigenvalue weighted by molar-refractivity contribution is 7.82. The van der Waals surface area contributed by atoms with E-state index in [0.717, 1.165) is 68.3 Å². The first-order valence-corrected chi connectivity index (χ1v) is 21.4. The Bertz CT molecular complexity index is 2030. The van der Waals surface area contributed by atoms with Gasteiger partial charge in [0.15, 0.2) is 5.82 Å². The molecule has 60 heavy (non-hydrogen) atoms. The number of aromatic nitrogens is 2. The third-order valence-electron chi connectivity index (χ3n) is 10.5. The number of allylic oxidation sites excluding steroid dienone is 3. The van der Waals surface area contributed by atoms with Crippen molar-refractivity contribution in [1.82, 2.24) is 29.6 Å². The molecule has 1 atom stereocenters. The fourth-order valence-corrected chi connectivity index (χ4v) is 8.22. The van der Waals surface area contributed by atoms with Crippen molar-refractivity contribution in [3.8, 4) is 11.8 Å². The van der Waals surface area contributed by atoms with Crippen LogP contribution in [0.4, 0.5) is 5.82 Å². The molecule has 2 saturated heterocycles. The van der Waals surface area contributed by atoms with Gasteiger partial charge in [0.2, 0.25) is 12.8 Å². The number of piperidine rings is 2. The van der Waals surface area contributed by atoms with E-state index in [0.29, 0.717) is 84.9 Å². The van der Waals surface area contributed by atoms with E-state index in [1.165, 1.54) is 25.5 Å². The maximum Gasteiger partial charge on any atom is 0.212 e. The fraction of sp³-hybridized carbons (Fsp3) is 0.465. The highest BCUT2D eigenvalue weighted by Crippen LogP contribution is 2.33. The third-order valence-corrected chi connectivity index (χ3v) is 12.0. The lowest BCUT2D eigenvalue weighted by Gasteiger charge is -2.32. The van der Waals surface area contributed by atoms with Crippen LogP contribution in [0, 0.1) is 17.2 Å². The number of nitriles is 1. The SMILES string of the molecule is C=N/C(NC=O)=C(C=NC1CCN(S(=O)c2ccc(C#N)c(OCCN3CCC(c4ccc5c(NC)nn(C)c5c4)CC3)c2)CC1)/C=C\C1CC1.CN.O=CCCNC=O. The number of anilines is 1. The summed E-state index contributed by atoms with van der Waals surface area (Å²) in [6.45, 7) is 8.42. The van der Waals surface area contributed by atoms with E-state index >= 15 is 0 Å². The van der Waals surface area contributed by atoms with E-state index in [-0.39, 0.29) is 6.04 Å². The maximum absolute atomic E-state index is 13.6. The Balaban J connectivity index is 0.000000800. The van der Waals surface area contributed by atoms with Gasteiger partial charge in [-0.25, -0.2) is 13.5 Å². The number of hydrogen-bond acceptors (Lipinski definition) is 12. The summed E-state index contributed by atoms with van der Waals surface area (Å²) in [5, 5.41) is 23.6. The molecule has 1 unspecified atom stereocenters. The molecule has 3 aliphatic rings. The minimum atomic E-state index is -1.39. The first-order chi connectivity index (χ1) is 29.3. The molecule has 322 valence electrons. The number of carbonyl (C=O) groups excluding carboxylic acids is 3. The molecule has 5 N–H and O–H groups in total. The lowest BCUT2D eigenvalue weighted by Crippen LogP contribution is -2.36. The molecule has 3 aromatic rings. The Morgan fingerprint density at radius 1 is 1.05 bits per heavy atom. The lowest BCUT2D eigenvalue weighted by atomic mass is 9.89. The summed E-state index contributed by atoms with van der Waals surface area (Å²) in [4.78, 5) is 41.8. The fourth-order valence-electron chi connectivity index (χ4n) is 6.99. The standard InChI is InChI=1S/C38H47N9O3S.C4H7NO2.CH5N/c1-40-37(43-26-48)31(7-6-27-4-5-27)25-42-32-14-18-47(19-15-32)51(49)33-10-8-30(24-39)36(23-33)50-21-20-46-16-12-28(13-17-46)29-9-11-34-35(22-29)45(3)44-38(34)41-2;6-3-1-2-5-4-7;1-2/h6-11,22-23,25-28,32H,1,4-5,12-21H2,2-3H3,(H,41,44)(H,43,48);3-4H,1-2H2,(H,5,7);2H2,1H3/b7-6-,37-31+,42-25?;;. The Morgan fingerprint density at radius 3 is 2.43 bits per heavy atom. The number of likely N-dealkylation sites (tertiary alicyclic amines) is 1. The highest BCUT2D eigenvalue weighted by Gasteiger charge is 2.25. The quantitative estimate of drug-likeness (QED) is 0.0593. The van der Waals surface area contributed by atoms with Gasteiger partial charge < -0.3 is 31.2 Å². The number of nitrogens with two attached hydrogens (primary N) is 1. The van der Waals surface area contributed by atoms with E-state index in [1.54, 1.807) is 24.4 Å². The Kier molecular flexibility index (Phi) is 19.8. The van der Waals surface area contributed by atoms with Gasteiger partial charge in [-0.2, -0.15) is 10.4 Å². The number of amides is 2. The molecular formula is C43H59N11O5S. The first-order valence-electron chi connectivity index (χ1n) is 20.3. The van der Waals surface area contributed by atoms with Gasteiger partial charge in [0.05, 0.1) is 22.0 Å². The van der Waals surface area contributed by atoms with Crippen LogP contribution in [0.1, 0.15) is 62.0 Å². The summed E-state index contributed by atoms with van der Waals surface area (Å²) in [6.07, 6.45) is 14.1. The average molecular weight is 842 g/mol. The zero-order valence-corrected chi connectivity index (χ0v) is 35.7. The van der Waals surface area contributed by atoms with E-state index < -0.39 is 11.0 Å². The van der Waals surface area contributed by atoms with E-state index in [4.69, 9.17) is 9.73 Å². The number of fused-ring (bicyclic) bond motifs is 1. The van der Waals surface area contributed by atoms with Crippen molar-refractivity contribution in [2.24, 2.45) is 28.7 Å². The number of ether oxygens (including phenoxy) is 1. The van der Waals surface area contributed by atoms with Crippen molar-refractivity contribution in [1.29, 1.82) is 5.26 Å². The van der Waals surface area contributed by atoms with Crippen molar-refractivity contribution in [3.63, 3.8) is 0 Å². The third kappa shape index (κ3) is 13.8. The van der Waals surface area contributed by atoms with Gasteiger partial charge in [0, 0.05) is 63.9 Å². The smallest absolute Gasteiger partial charge is 0.212 e. The summed E-state index contributed by atoms with van der Waals surface area (Å²) in [6, 6.07) is 14.2. The van der Waals surface area contributed by atoms with Crippen LogP contribution in [0.5, 0.6) is 5.75 Å². The van der Waals surface area contributed by atoms with Gasteiger partial charge in [-0.1, -0.05) is 18.2 Å². The average Bonchev–Trinajstić information content (AvgIpc) is 4.07. The topological polar surface area (TPSA) is 212 Å². The molecule has 6 rings (SSSR count). The Labute approximate surface area is 355 Å². The highest BCUT2D eigenvalue weighted by atomic mass is 32.2. The Morgan fingerprint density at radius 2 is 1.80 bits per heavy atom. The van der Waals surface area contributed by atoms with E-state index in [9.17, 15) is 23.9 Å². The molecule has 2 aromatic carbocycles. The molecule has 1 saturated carbocycles. The summed E-state index contributed by atoms with van der Waals surface area (Å²) in [7, 11) is 3.99. The van der Waals surface area contributed by atoms with Gasteiger partial charge in [0.25, 0.3) is 0 Å². The van der Waals surface area contributed by atoms with Gasteiger partial charge in [-0.05, 0) is 113 Å². The van der Waals surface area contributed by atoms with Crippen LogP contribution in [0.2, 0.25) is 0 Å². The molecular weight excluding hydrogens is 783 g/mol. The summed E-state index contributed by atoms with van der Waals surface area (Å²) < 4.78 is 23.7. The number of nitrogens with zero attached hydrogens (tertiary/aromatic N) is 7. The number of nitrogens with one attached hydrogen (secondary N) is 3. The molecule has 2 aliphatic heterocycles. The molecule has 2 amide bonds. The number of carbonyl (C=O) groups is 3. The Hall–Kier alpha value is -5.54. The van der Waals surface area contributed by atoms with Crippen LogP contribution in [-0.2, 0) is 32.4 Å². The van der Waals surface area contributed by atoms with Gasteiger partial charge in [-0.15, -0.1) is 0 Å². The van der Waals surface area contributed by atoms with Crippen molar-refractivity contribution in [3.05, 3.63) is 71.1 Å². The summed E-state index contributed by atoms with van der Waals surface area (Å²) in [5.74, 6) is 2.82. The molecule has 0 spiro atoms. The van der Waals surface area contributed by atoms with Crippen LogP contribution >= 0.6 is 0 Å². The number of aldehydes is 1. The molecule has 17 heteroatoms. The minimum Gasteiger partial charge on any atom is -0.491 e. The van der Waals surface area contributed by atoms with Crippen LogP contribution < -0.4 is 26.4 Å². The van der Waals surface area contributed by atoms with Gasteiger partial charge in [-0.3, -0.25) is 24.2 Å². The normalized spacial score (nSPS) is 17.3. The van der Waals surface area contributed by atoms with Crippen LogP contribution in [0.3, 0.4) is 0 Å². The largest absolute Gasteiger partial charge is 0.491 e. The minimum absolute atomic E-state index is 0.0612. The number of hydrogen-bond donors (Lipinski definition) is 4. The second-order valence-corrected chi connectivity index (χ2v) is 15.9. The summed E-state index contributed by atoms with van der Waals surface area (Å²) in [5.41, 5.74) is 8.15. The number of aryl methyl sites for hydroxylation is 1. The van der Waals surface area contributed by atoms with Crippen molar-refractivity contribution in [2.75, 3.05) is 65.3 Å². The predicted octanol–water partition coefficient (Wildman–Crippen LogP) is 3.82. The predicted molar refractivity (Wildman–Crippen MR) is 237 cm³/mol. The number of aliphatic imine (C=N–C) groups is 2. The monoisotopic (exact) mass is 841 g/mol. The van der Waals surface area contributed by atoms with Crippen molar-refractivity contribution >= 4 is 59.7 Å². The zero-order chi connectivity index (χ0) is 43.3. The zero-order valence-electron chi connectivity index (χ0n) is 34.9. The van der Waals surface area contributed by atoms with E-state index in [1.807, 2.05) is 29.2 Å². The maximum atomic E-state index is 13.6. The van der Waals surface area contributed by atoms with Gasteiger partial charge in [0.1, 0.15) is 41.5 Å². The number of benzene rings is 2. The molecule has 0 radical (unpaired) electrons. The second kappa shape index (κ2) is 25.2. The molecule has 3 heterocycles. The molecule has 0 bridgehead atoms. The lowest BCUT2D eigenvalue weighted by molar-refractivity contribution is -0.110. The number of rotatable bonds is 19.